The van der Waals surface area contributed by atoms with E-state index in [-0.39, 0.29) is 7.43 Å². The second-order valence-corrected chi connectivity index (χ2v) is 3.39. The van der Waals surface area contributed by atoms with Crippen LogP contribution in [0.3, 0.4) is 0 Å². The number of aliphatic hydroxyl groups is 2. The Morgan fingerprint density at radius 3 is 1.77 bits per heavy atom. The van der Waals surface area contributed by atoms with Crippen LogP contribution >= 0.6 is 0 Å². The molecule has 0 spiro atoms. The topological polar surface area (TPSA) is 40.5 Å². The molecule has 0 aliphatic rings. The molecule has 0 aromatic rings. The SMILES string of the molecule is C.CCCCCCCCCC(O)O. The zero-order valence-electron chi connectivity index (χ0n) is 8.13. The summed E-state index contributed by atoms with van der Waals surface area (Å²) in [5, 5.41) is 17.1. The molecular formula is C11H26O2. The first kappa shape index (κ1) is 15.4. The molecule has 0 rings (SSSR count). The summed E-state index contributed by atoms with van der Waals surface area (Å²) in [5.41, 5.74) is 0. The summed E-state index contributed by atoms with van der Waals surface area (Å²) in [7, 11) is 0. The third-order valence-electron chi connectivity index (χ3n) is 2.07. The van der Waals surface area contributed by atoms with Gasteiger partial charge in [-0.05, 0) is 12.8 Å². The number of unbranched alkanes of at least 4 members (excludes halogenated alkanes) is 6. The van der Waals surface area contributed by atoms with E-state index in [9.17, 15) is 0 Å². The van der Waals surface area contributed by atoms with Crippen molar-refractivity contribution in [3.8, 4) is 0 Å². The van der Waals surface area contributed by atoms with Gasteiger partial charge in [-0.15, -0.1) is 0 Å². The van der Waals surface area contributed by atoms with E-state index in [2.05, 4.69) is 6.92 Å². The van der Waals surface area contributed by atoms with E-state index in [0.29, 0.717) is 6.42 Å². The number of aliphatic hydroxyl groups excluding tert-OH is 1. The predicted molar refractivity (Wildman–Crippen MR) is 57.6 cm³/mol. The van der Waals surface area contributed by atoms with Crippen molar-refractivity contribution in [1.82, 2.24) is 0 Å². The van der Waals surface area contributed by atoms with Crippen molar-refractivity contribution >= 4 is 0 Å². The molecule has 2 N–H and O–H groups in total. The van der Waals surface area contributed by atoms with Crippen molar-refractivity contribution in [1.29, 1.82) is 0 Å². The van der Waals surface area contributed by atoms with Crippen LogP contribution in [-0.4, -0.2) is 16.5 Å². The smallest absolute Gasteiger partial charge is 0.151 e. The summed E-state index contributed by atoms with van der Waals surface area (Å²) in [6.45, 7) is 2.21. The van der Waals surface area contributed by atoms with Gasteiger partial charge >= 0.3 is 0 Å². The molecule has 0 radical (unpaired) electrons. The Morgan fingerprint density at radius 2 is 1.31 bits per heavy atom. The molecule has 0 aliphatic heterocycles. The van der Waals surface area contributed by atoms with Gasteiger partial charge in [0.1, 0.15) is 0 Å². The Morgan fingerprint density at radius 1 is 0.846 bits per heavy atom. The fraction of sp³-hybridized carbons (Fsp3) is 1.00. The summed E-state index contributed by atoms with van der Waals surface area (Å²) in [5.74, 6) is 0. The normalized spacial score (nSPS) is 10.2. The van der Waals surface area contributed by atoms with Gasteiger partial charge in [-0.2, -0.15) is 0 Å². The summed E-state index contributed by atoms with van der Waals surface area (Å²) >= 11 is 0. The minimum absolute atomic E-state index is 0. The molecule has 0 saturated heterocycles. The first-order valence-electron chi connectivity index (χ1n) is 5.13. The molecule has 0 amide bonds. The molecule has 0 aromatic heterocycles. The van der Waals surface area contributed by atoms with Gasteiger partial charge < -0.3 is 10.2 Å². The fourth-order valence-electron chi connectivity index (χ4n) is 1.28. The molecule has 0 fully saturated rings. The first-order chi connectivity index (χ1) is 5.77. The highest BCUT2D eigenvalue weighted by Crippen LogP contribution is 2.08. The average Bonchev–Trinajstić information content (AvgIpc) is 2.02. The number of hydrogen-bond acceptors (Lipinski definition) is 2. The molecule has 0 bridgehead atoms. The Labute approximate surface area is 83.0 Å². The van der Waals surface area contributed by atoms with Gasteiger partial charge in [0.25, 0.3) is 0 Å². The molecule has 13 heavy (non-hydrogen) atoms. The number of rotatable bonds is 8. The monoisotopic (exact) mass is 190 g/mol. The van der Waals surface area contributed by atoms with Crippen LogP contribution in [-0.2, 0) is 0 Å². The van der Waals surface area contributed by atoms with Gasteiger partial charge in [0.2, 0.25) is 0 Å². The van der Waals surface area contributed by atoms with Crippen LogP contribution < -0.4 is 0 Å². The Bertz CT molecular complexity index is 82.2. The Kier molecular flexibility index (Phi) is 14.1. The summed E-state index contributed by atoms with van der Waals surface area (Å²) in [6, 6.07) is 0. The highest BCUT2D eigenvalue weighted by Gasteiger charge is 1.96. The Balaban J connectivity index is 0. The molecular weight excluding hydrogens is 164 g/mol. The lowest BCUT2D eigenvalue weighted by molar-refractivity contribution is -0.0466. The quantitative estimate of drug-likeness (QED) is 0.456. The third kappa shape index (κ3) is 14.7. The zero-order chi connectivity index (χ0) is 9.23. The molecule has 2 nitrogen and oxygen atoms in total. The highest BCUT2D eigenvalue weighted by molar-refractivity contribution is 4.46. The lowest BCUT2D eigenvalue weighted by atomic mass is 10.1. The lowest BCUT2D eigenvalue weighted by Gasteiger charge is -2.02. The maximum Gasteiger partial charge on any atom is 0.151 e. The fourth-order valence-corrected chi connectivity index (χ4v) is 1.28. The molecule has 2 heteroatoms. The van der Waals surface area contributed by atoms with E-state index >= 15 is 0 Å². The van der Waals surface area contributed by atoms with Crippen LogP contribution in [0.15, 0.2) is 0 Å². The van der Waals surface area contributed by atoms with Crippen LogP contribution in [0.5, 0.6) is 0 Å². The van der Waals surface area contributed by atoms with E-state index in [1.807, 2.05) is 0 Å². The van der Waals surface area contributed by atoms with Crippen molar-refractivity contribution in [3.05, 3.63) is 0 Å². The van der Waals surface area contributed by atoms with Crippen LogP contribution in [0.2, 0.25) is 0 Å². The molecule has 0 unspecified atom stereocenters. The van der Waals surface area contributed by atoms with E-state index in [1.54, 1.807) is 0 Å². The van der Waals surface area contributed by atoms with Crippen molar-refractivity contribution < 1.29 is 10.2 Å². The van der Waals surface area contributed by atoms with E-state index in [0.717, 1.165) is 12.8 Å². The third-order valence-corrected chi connectivity index (χ3v) is 2.07. The maximum atomic E-state index is 8.55. The van der Waals surface area contributed by atoms with Crippen molar-refractivity contribution in [2.24, 2.45) is 0 Å². The van der Waals surface area contributed by atoms with Gasteiger partial charge in [-0.25, -0.2) is 0 Å². The van der Waals surface area contributed by atoms with E-state index in [1.165, 1.54) is 32.1 Å². The molecule has 0 saturated carbocycles. The van der Waals surface area contributed by atoms with Gasteiger partial charge in [0.15, 0.2) is 6.29 Å². The molecule has 0 aromatic carbocycles. The van der Waals surface area contributed by atoms with Crippen molar-refractivity contribution in [2.75, 3.05) is 0 Å². The van der Waals surface area contributed by atoms with Gasteiger partial charge in [-0.3, -0.25) is 0 Å². The molecule has 0 aliphatic carbocycles. The molecule has 0 heterocycles. The van der Waals surface area contributed by atoms with Crippen LogP contribution in [0.4, 0.5) is 0 Å². The highest BCUT2D eigenvalue weighted by atomic mass is 16.5. The minimum atomic E-state index is -1.10. The second-order valence-electron chi connectivity index (χ2n) is 3.39. The largest absolute Gasteiger partial charge is 0.368 e. The predicted octanol–water partition coefficient (Wildman–Crippen LogP) is 3.07. The van der Waals surface area contributed by atoms with E-state index in [4.69, 9.17) is 10.2 Å². The maximum absolute atomic E-state index is 8.55. The van der Waals surface area contributed by atoms with Gasteiger partial charge in [0.05, 0.1) is 0 Å². The average molecular weight is 190 g/mol. The lowest BCUT2D eigenvalue weighted by Crippen LogP contribution is -2.02. The van der Waals surface area contributed by atoms with Crippen LogP contribution in [0.1, 0.15) is 65.7 Å². The summed E-state index contributed by atoms with van der Waals surface area (Å²) < 4.78 is 0. The van der Waals surface area contributed by atoms with Crippen molar-refractivity contribution in [2.45, 2.75) is 72.0 Å². The van der Waals surface area contributed by atoms with Crippen LogP contribution in [0, 0.1) is 0 Å². The van der Waals surface area contributed by atoms with Gasteiger partial charge in [0, 0.05) is 0 Å². The summed E-state index contributed by atoms with van der Waals surface area (Å²) in [6.07, 6.45) is 8.03. The number of hydrogen-bond donors (Lipinski definition) is 2. The first-order valence-corrected chi connectivity index (χ1v) is 5.13. The summed E-state index contributed by atoms with van der Waals surface area (Å²) in [4.78, 5) is 0. The zero-order valence-corrected chi connectivity index (χ0v) is 8.13. The standard InChI is InChI=1S/C10H22O2.CH4/c1-2-3-4-5-6-7-8-9-10(11)12;/h10-12H,2-9H2,1H3;1H4. The second kappa shape index (κ2) is 11.9. The Hall–Kier alpha value is -0.0800. The molecule has 82 valence electrons. The van der Waals surface area contributed by atoms with Crippen LogP contribution in [0.25, 0.3) is 0 Å². The van der Waals surface area contributed by atoms with Gasteiger partial charge in [-0.1, -0.05) is 52.9 Å². The molecule has 0 atom stereocenters. The van der Waals surface area contributed by atoms with Crippen molar-refractivity contribution in [3.63, 3.8) is 0 Å². The minimum Gasteiger partial charge on any atom is -0.368 e. The van der Waals surface area contributed by atoms with E-state index < -0.39 is 6.29 Å².